The summed E-state index contributed by atoms with van der Waals surface area (Å²) < 4.78 is 11.3. The third-order valence-electron chi connectivity index (χ3n) is 17.5. The van der Waals surface area contributed by atoms with Gasteiger partial charge in [-0.15, -0.1) is 0 Å². The van der Waals surface area contributed by atoms with Crippen LogP contribution in [-0.2, 0) is 14.3 Å². The molecule has 9 nitrogen and oxygen atoms in total. The Morgan fingerprint density at radius 3 is 1.00 bits per heavy atom. The minimum Gasteiger partial charge on any atom is -0.394 e. The first kappa shape index (κ1) is 77.7. The fraction of sp³-hybridized carbons (Fsp3) is 0.931. The monoisotopic (exact) mass is 1150 g/mol. The number of hydrogen-bond acceptors (Lipinski definition) is 8. The molecule has 7 atom stereocenters. The van der Waals surface area contributed by atoms with E-state index in [9.17, 15) is 30.3 Å². The first-order valence-electron chi connectivity index (χ1n) is 36.1. The normalized spacial score (nSPS) is 18.4. The van der Waals surface area contributed by atoms with Gasteiger partial charge in [0.1, 0.15) is 24.4 Å². The number of ether oxygens (including phenoxy) is 2. The molecule has 1 rings (SSSR count). The fourth-order valence-electron chi connectivity index (χ4n) is 11.9. The molecule has 81 heavy (non-hydrogen) atoms. The highest BCUT2D eigenvalue weighted by atomic mass is 16.7. The van der Waals surface area contributed by atoms with Crippen LogP contribution in [0.2, 0.25) is 0 Å². The van der Waals surface area contributed by atoms with Gasteiger partial charge < -0.3 is 40.3 Å². The maximum absolute atomic E-state index is 13.1. The minimum atomic E-state index is -1.57. The van der Waals surface area contributed by atoms with Gasteiger partial charge in [0.05, 0.1) is 25.4 Å². The third-order valence-corrected chi connectivity index (χ3v) is 17.5. The number of rotatable bonds is 64. The fourth-order valence-corrected chi connectivity index (χ4v) is 11.9. The van der Waals surface area contributed by atoms with E-state index in [0.717, 1.165) is 38.5 Å². The number of hydrogen-bond donors (Lipinski definition) is 6. The van der Waals surface area contributed by atoms with Crippen LogP contribution in [-0.4, -0.2) is 87.5 Å². The number of carbonyl (C=O) groups is 1. The van der Waals surface area contributed by atoms with Gasteiger partial charge in [0, 0.05) is 6.42 Å². The quantitative estimate of drug-likeness (QED) is 0.0261. The summed E-state index contributed by atoms with van der Waals surface area (Å²) in [6, 6.07) is -0.805. The molecule has 0 bridgehead atoms. The molecule has 0 aromatic heterocycles. The third kappa shape index (κ3) is 50.5. The van der Waals surface area contributed by atoms with Crippen LogP contribution in [0.3, 0.4) is 0 Å². The van der Waals surface area contributed by atoms with E-state index in [2.05, 4.69) is 31.3 Å². The van der Waals surface area contributed by atoms with Crippen LogP contribution in [0.5, 0.6) is 0 Å². The van der Waals surface area contributed by atoms with E-state index in [1.54, 1.807) is 6.08 Å². The first-order chi connectivity index (χ1) is 39.8. The molecule has 6 N–H and O–H groups in total. The maximum Gasteiger partial charge on any atom is 0.220 e. The van der Waals surface area contributed by atoms with Crippen molar-refractivity contribution in [2.24, 2.45) is 0 Å². The Bertz CT molecular complexity index is 1330. The number of amides is 1. The van der Waals surface area contributed by atoms with Gasteiger partial charge in [-0.3, -0.25) is 4.79 Å². The zero-order valence-electron chi connectivity index (χ0n) is 53.8. The molecule has 1 saturated heterocycles. The molecule has 0 aromatic rings. The standard InChI is InChI=1S/C72H139NO8/c1-3-5-7-9-11-13-15-17-19-21-23-25-27-29-30-31-32-33-34-35-36-38-39-41-43-45-47-49-51-53-55-57-59-61-66(75)65(64-80-72-71(79)70(78)69(77)67(63-74)81-72)73-68(76)62-60-58-56-54-52-50-48-46-44-42-40-37-28-26-24-22-20-18-16-14-12-10-8-6-4-2/h22,24,59,61,65-67,69-72,74-75,77-79H,3-21,23,25-58,60,62-64H2,1-2H3,(H,73,76)/b24-22-,61-59+. The summed E-state index contributed by atoms with van der Waals surface area (Å²) in [5.41, 5.74) is 0. The molecule has 1 fully saturated rings. The van der Waals surface area contributed by atoms with E-state index in [0.29, 0.717) is 6.42 Å². The van der Waals surface area contributed by atoms with Crippen molar-refractivity contribution in [2.75, 3.05) is 13.2 Å². The van der Waals surface area contributed by atoms with Crippen molar-refractivity contribution >= 4 is 5.91 Å². The van der Waals surface area contributed by atoms with E-state index >= 15 is 0 Å². The molecule has 7 unspecified atom stereocenters. The molecule has 0 aliphatic carbocycles. The largest absolute Gasteiger partial charge is 0.394 e. The van der Waals surface area contributed by atoms with E-state index < -0.39 is 49.5 Å². The molecule has 0 radical (unpaired) electrons. The van der Waals surface area contributed by atoms with Crippen molar-refractivity contribution in [1.82, 2.24) is 5.32 Å². The predicted molar refractivity (Wildman–Crippen MR) is 346 cm³/mol. The van der Waals surface area contributed by atoms with Crippen LogP contribution in [0.25, 0.3) is 0 Å². The lowest BCUT2D eigenvalue weighted by Crippen LogP contribution is -2.60. The summed E-state index contributed by atoms with van der Waals surface area (Å²) in [6.45, 7) is 3.84. The van der Waals surface area contributed by atoms with Crippen LogP contribution in [0.4, 0.5) is 0 Å². The maximum atomic E-state index is 13.1. The number of nitrogens with one attached hydrogen (secondary N) is 1. The molecule has 0 aromatic carbocycles. The highest BCUT2D eigenvalue weighted by Crippen LogP contribution is 2.24. The van der Waals surface area contributed by atoms with Crippen molar-refractivity contribution in [3.8, 4) is 0 Å². The number of aliphatic hydroxyl groups excluding tert-OH is 5. The second kappa shape index (κ2) is 61.7. The minimum absolute atomic E-state index is 0.170. The topological polar surface area (TPSA) is 149 Å². The number of carbonyl (C=O) groups excluding carboxylic acids is 1. The molecule has 9 heteroatoms. The van der Waals surface area contributed by atoms with Gasteiger partial charge in [-0.1, -0.05) is 346 Å². The smallest absolute Gasteiger partial charge is 0.220 e. The highest BCUT2D eigenvalue weighted by molar-refractivity contribution is 5.76. The summed E-state index contributed by atoms with van der Waals surface area (Å²) in [5, 5.41) is 54.8. The summed E-state index contributed by atoms with van der Waals surface area (Å²) in [4.78, 5) is 13.1. The van der Waals surface area contributed by atoms with Crippen LogP contribution < -0.4 is 5.32 Å². The Morgan fingerprint density at radius 2 is 0.691 bits per heavy atom. The van der Waals surface area contributed by atoms with Gasteiger partial charge >= 0.3 is 0 Å². The zero-order chi connectivity index (χ0) is 58.6. The molecule has 480 valence electrons. The summed E-state index contributed by atoms with van der Waals surface area (Å²) in [7, 11) is 0. The molecular formula is C72H139NO8. The SMILES string of the molecule is CCCCCCCCCC/C=C\CCCCCCCCCCCCCCCC(=O)NC(COC1OC(CO)C(O)C(O)C1O)C(O)/C=C/CCCCCCCCCCCCCCCCCCCCCCCCCCCCCCCCC. The van der Waals surface area contributed by atoms with Crippen LogP contribution >= 0.6 is 0 Å². The van der Waals surface area contributed by atoms with Crippen molar-refractivity contribution in [3.05, 3.63) is 24.3 Å². The van der Waals surface area contributed by atoms with Gasteiger partial charge in [0.15, 0.2) is 6.29 Å². The van der Waals surface area contributed by atoms with Gasteiger partial charge in [-0.05, 0) is 44.9 Å². The molecule has 1 amide bonds. The Labute approximate surface area is 502 Å². The number of aliphatic hydroxyl groups is 5. The lowest BCUT2D eigenvalue weighted by molar-refractivity contribution is -0.302. The summed E-state index contributed by atoms with van der Waals surface area (Å²) in [5.74, 6) is -0.170. The van der Waals surface area contributed by atoms with Gasteiger partial charge in [-0.2, -0.15) is 0 Å². The first-order valence-corrected chi connectivity index (χ1v) is 36.1. The van der Waals surface area contributed by atoms with Gasteiger partial charge in [0.25, 0.3) is 0 Å². The molecular weight excluding hydrogens is 1010 g/mol. The molecule has 0 spiro atoms. The van der Waals surface area contributed by atoms with Crippen molar-refractivity contribution < 1.29 is 39.8 Å². The Kier molecular flexibility index (Phi) is 59.2. The predicted octanol–water partition coefficient (Wildman–Crippen LogP) is 19.6. The average Bonchev–Trinajstić information content (AvgIpc) is 3.49. The van der Waals surface area contributed by atoms with Gasteiger partial charge in [-0.25, -0.2) is 0 Å². The van der Waals surface area contributed by atoms with E-state index in [1.165, 1.54) is 315 Å². The average molecular weight is 1150 g/mol. The zero-order valence-corrected chi connectivity index (χ0v) is 53.8. The van der Waals surface area contributed by atoms with E-state index in [1.807, 2.05) is 6.08 Å². The molecule has 1 aliphatic rings. The van der Waals surface area contributed by atoms with E-state index in [-0.39, 0.29) is 12.5 Å². The summed E-state index contributed by atoms with van der Waals surface area (Å²) in [6.07, 6.45) is 74.4. The van der Waals surface area contributed by atoms with E-state index in [4.69, 9.17) is 9.47 Å². The second-order valence-electron chi connectivity index (χ2n) is 25.4. The summed E-state index contributed by atoms with van der Waals surface area (Å²) >= 11 is 0. The Morgan fingerprint density at radius 1 is 0.407 bits per heavy atom. The second-order valence-corrected chi connectivity index (χ2v) is 25.4. The van der Waals surface area contributed by atoms with Crippen molar-refractivity contribution in [2.45, 2.75) is 416 Å². The lowest BCUT2D eigenvalue weighted by Gasteiger charge is -2.40. The molecule has 0 saturated carbocycles. The van der Waals surface area contributed by atoms with Crippen LogP contribution in [0.1, 0.15) is 373 Å². The van der Waals surface area contributed by atoms with Crippen molar-refractivity contribution in [1.29, 1.82) is 0 Å². The highest BCUT2D eigenvalue weighted by Gasteiger charge is 2.44. The molecule has 1 heterocycles. The van der Waals surface area contributed by atoms with Gasteiger partial charge in [0.2, 0.25) is 5.91 Å². The molecule has 1 aliphatic heterocycles. The lowest BCUT2D eigenvalue weighted by atomic mass is 9.99. The number of allylic oxidation sites excluding steroid dienone is 3. The van der Waals surface area contributed by atoms with Crippen LogP contribution in [0.15, 0.2) is 24.3 Å². The number of unbranched alkanes of at least 4 members (excludes halogenated alkanes) is 52. The van der Waals surface area contributed by atoms with Crippen molar-refractivity contribution in [3.63, 3.8) is 0 Å². The Hall–Kier alpha value is -1.33. The Balaban J connectivity index is 2.11. The van der Waals surface area contributed by atoms with Crippen LogP contribution in [0, 0.1) is 0 Å².